The van der Waals surface area contributed by atoms with Crippen molar-refractivity contribution in [1.29, 1.82) is 0 Å². The lowest BCUT2D eigenvalue weighted by Crippen LogP contribution is -2.39. The predicted octanol–water partition coefficient (Wildman–Crippen LogP) is 3.09. The van der Waals surface area contributed by atoms with Crippen LogP contribution in [0.5, 0.6) is 0 Å². The van der Waals surface area contributed by atoms with E-state index >= 15 is 0 Å². The van der Waals surface area contributed by atoms with Gasteiger partial charge in [0.1, 0.15) is 0 Å². The summed E-state index contributed by atoms with van der Waals surface area (Å²) in [5.41, 5.74) is 0.936. The summed E-state index contributed by atoms with van der Waals surface area (Å²) in [5.74, 6) is 0.705. The molecule has 0 saturated carbocycles. The molecule has 0 aliphatic rings. The van der Waals surface area contributed by atoms with Crippen LogP contribution in [0.15, 0.2) is 23.2 Å². The van der Waals surface area contributed by atoms with Crippen molar-refractivity contribution in [2.75, 3.05) is 27.2 Å². The Kier molecular flexibility index (Phi) is 8.20. The maximum atomic E-state index is 11.6. The lowest BCUT2D eigenvalue weighted by atomic mass is 10.1. The molecule has 0 aliphatic carbocycles. The Morgan fingerprint density at radius 3 is 2.61 bits per heavy atom. The second-order valence-corrected chi connectivity index (χ2v) is 6.17. The van der Waals surface area contributed by atoms with E-state index in [0.29, 0.717) is 29.0 Å². The van der Waals surface area contributed by atoms with Gasteiger partial charge in [0, 0.05) is 37.1 Å². The zero-order valence-electron chi connectivity index (χ0n) is 14.0. The number of halogens is 2. The molecule has 1 rings (SSSR count). The second kappa shape index (κ2) is 9.63. The molecule has 0 saturated heterocycles. The van der Waals surface area contributed by atoms with Gasteiger partial charge in [-0.15, -0.1) is 0 Å². The summed E-state index contributed by atoms with van der Waals surface area (Å²) in [6.45, 7) is 5.14. The number of nitrogens with one attached hydrogen (secondary N) is 2. The number of amides is 1. The minimum atomic E-state index is -0.0397. The number of carbonyl (C=O) groups excluding carboxylic acids is 1. The van der Waals surface area contributed by atoms with E-state index in [4.69, 9.17) is 23.2 Å². The van der Waals surface area contributed by atoms with Gasteiger partial charge in [-0.3, -0.25) is 9.79 Å². The fourth-order valence-electron chi connectivity index (χ4n) is 1.94. The normalized spacial score (nSPS) is 12.7. The lowest BCUT2D eigenvalue weighted by molar-refractivity contribution is -0.128. The maximum Gasteiger partial charge on any atom is 0.223 e. The molecule has 0 fully saturated rings. The molecular weight excluding hydrogens is 335 g/mol. The van der Waals surface area contributed by atoms with Crippen LogP contribution in [-0.4, -0.2) is 44.0 Å². The van der Waals surface area contributed by atoms with Crippen molar-refractivity contribution in [1.82, 2.24) is 15.5 Å². The summed E-state index contributed by atoms with van der Waals surface area (Å²) in [5, 5.41) is 7.66. The number of nitrogens with zero attached hydrogens (tertiary/aromatic N) is 2. The number of hydrogen-bond acceptors (Lipinski definition) is 2. The van der Waals surface area contributed by atoms with Crippen LogP contribution in [0.4, 0.5) is 0 Å². The molecule has 0 aliphatic heterocycles. The number of rotatable bonds is 6. The van der Waals surface area contributed by atoms with Crippen LogP contribution < -0.4 is 10.6 Å². The molecule has 1 aromatic carbocycles. The standard InChI is InChI=1S/C16H24Cl2N4O/c1-5-19-16(20-9-8-15(23)22(3)4)21-11(2)13-7-6-12(17)10-14(13)18/h6-7,10-11H,5,8-9H2,1-4H3,(H2,19,20,21). The summed E-state index contributed by atoms with van der Waals surface area (Å²) < 4.78 is 0. The van der Waals surface area contributed by atoms with Crippen LogP contribution in [0.2, 0.25) is 10.0 Å². The number of aliphatic imine (C=N–C) groups is 1. The molecule has 128 valence electrons. The van der Waals surface area contributed by atoms with E-state index in [2.05, 4.69) is 15.6 Å². The highest BCUT2D eigenvalue weighted by Crippen LogP contribution is 2.25. The Hall–Kier alpha value is -1.46. The molecule has 0 heterocycles. The number of hydrogen-bond donors (Lipinski definition) is 2. The van der Waals surface area contributed by atoms with Crippen molar-refractivity contribution in [3.63, 3.8) is 0 Å². The average molecular weight is 359 g/mol. The summed E-state index contributed by atoms with van der Waals surface area (Å²) in [7, 11) is 3.47. The highest BCUT2D eigenvalue weighted by molar-refractivity contribution is 6.35. The van der Waals surface area contributed by atoms with Gasteiger partial charge in [0.25, 0.3) is 0 Å². The minimum Gasteiger partial charge on any atom is -0.357 e. The van der Waals surface area contributed by atoms with Gasteiger partial charge < -0.3 is 15.5 Å². The molecule has 0 aromatic heterocycles. The molecule has 1 atom stereocenters. The minimum absolute atomic E-state index is 0.0397. The van der Waals surface area contributed by atoms with E-state index in [1.54, 1.807) is 31.1 Å². The largest absolute Gasteiger partial charge is 0.357 e. The SMILES string of the molecule is CCNC(=NCCC(=O)N(C)C)NC(C)c1ccc(Cl)cc1Cl. The van der Waals surface area contributed by atoms with Gasteiger partial charge in [-0.25, -0.2) is 0 Å². The Morgan fingerprint density at radius 2 is 2.04 bits per heavy atom. The van der Waals surface area contributed by atoms with Crippen molar-refractivity contribution in [3.8, 4) is 0 Å². The van der Waals surface area contributed by atoms with Gasteiger partial charge in [-0.05, 0) is 31.5 Å². The monoisotopic (exact) mass is 358 g/mol. The summed E-state index contributed by atoms with van der Waals surface area (Å²) >= 11 is 12.2. The predicted molar refractivity (Wildman–Crippen MR) is 97.3 cm³/mol. The number of benzene rings is 1. The molecular formula is C16H24Cl2N4O. The lowest BCUT2D eigenvalue weighted by Gasteiger charge is -2.19. The summed E-state index contributed by atoms with van der Waals surface area (Å²) in [6, 6.07) is 5.38. The van der Waals surface area contributed by atoms with E-state index in [1.165, 1.54) is 0 Å². The van der Waals surface area contributed by atoms with E-state index in [-0.39, 0.29) is 11.9 Å². The summed E-state index contributed by atoms with van der Waals surface area (Å²) in [4.78, 5) is 17.6. The second-order valence-electron chi connectivity index (χ2n) is 5.33. The molecule has 5 nitrogen and oxygen atoms in total. The molecule has 0 spiro atoms. The Balaban J connectivity index is 2.72. The third kappa shape index (κ3) is 6.67. The Morgan fingerprint density at radius 1 is 1.35 bits per heavy atom. The molecule has 0 radical (unpaired) electrons. The van der Waals surface area contributed by atoms with Crippen molar-refractivity contribution < 1.29 is 4.79 Å². The zero-order valence-corrected chi connectivity index (χ0v) is 15.5. The fraction of sp³-hybridized carbons (Fsp3) is 0.500. The molecule has 1 unspecified atom stereocenters. The number of guanidine groups is 1. The first-order valence-corrected chi connectivity index (χ1v) is 8.30. The van der Waals surface area contributed by atoms with Gasteiger partial charge in [0.15, 0.2) is 5.96 Å². The molecule has 1 aromatic rings. The highest BCUT2D eigenvalue weighted by atomic mass is 35.5. The van der Waals surface area contributed by atoms with Gasteiger partial charge in [0.2, 0.25) is 5.91 Å². The van der Waals surface area contributed by atoms with Crippen LogP contribution in [0, 0.1) is 0 Å². The van der Waals surface area contributed by atoms with Crippen LogP contribution >= 0.6 is 23.2 Å². The third-order valence-corrected chi connectivity index (χ3v) is 3.78. The van der Waals surface area contributed by atoms with Gasteiger partial charge >= 0.3 is 0 Å². The van der Waals surface area contributed by atoms with E-state index in [0.717, 1.165) is 12.1 Å². The quantitative estimate of drug-likeness (QED) is 0.606. The third-order valence-electron chi connectivity index (χ3n) is 3.22. The zero-order chi connectivity index (χ0) is 17.4. The van der Waals surface area contributed by atoms with Gasteiger partial charge in [0.05, 0.1) is 12.6 Å². The molecule has 2 N–H and O–H groups in total. The van der Waals surface area contributed by atoms with Crippen LogP contribution in [0.25, 0.3) is 0 Å². The first-order chi connectivity index (χ1) is 10.8. The number of carbonyl (C=O) groups is 1. The first kappa shape index (κ1) is 19.6. The molecule has 0 bridgehead atoms. The van der Waals surface area contributed by atoms with Crippen molar-refractivity contribution in [2.45, 2.75) is 26.3 Å². The first-order valence-electron chi connectivity index (χ1n) is 7.55. The van der Waals surface area contributed by atoms with Crippen molar-refractivity contribution >= 4 is 35.1 Å². The maximum absolute atomic E-state index is 11.6. The van der Waals surface area contributed by atoms with Crippen molar-refractivity contribution in [2.24, 2.45) is 4.99 Å². The van der Waals surface area contributed by atoms with E-state index in [9.17, 15) is 4.79 Å². The van der Waals surface area contributed by atoms with Crippen LogP contribution in [-0.2, 0) is 4.79 Å². The van der Waals surface area contributed by atoms with Crippen LogP contribution in [0.1, 0.15) is 31.9 Å². The Labute approximate surface area is 148 Å². The Bertz CT molecular complexity index is 561. The topological polar surface area (TPSA) is 56.7 Å². The van der Waals surface area contributed by atoms with Gasteiger partial charge in [-0.2, -0.15) is 0 Å². The smallest absolute Gasteiger partial charge is 0.223 e. The highest BCUT2D eigenvalue weighted by Gasteiger charge is 2.12. The average Bonchev–Trinajstić information content (AvgIpc) is 2.46. The molecule has 23 heavy (non-hydrogen) atoms. The fourth-order valence-corrected chi connectivity index (χ4v) is 2.51. The molecule has 1 amide bonds. The summed E-state index contributed by atoms with van der Waals surface area (Å²) in [6.07, 6.45) is 0.375. The van der Waals surface area contributed by atoms with Gasteiger partial charge in [-0.1, -0.05) is 29.3 Å². The molecule has 7 heteroatoms. The van der Waals surface area contributed by atoms with Crippen molar-refractivity contribution in [3.05, 3.63) is 33.8 Å². The van der Waals surface area contributed by atoms with E-state index in [1.807, 2.05) is 19.9 Å². The van der Waals surface area contributed by atoms with Crippen LogP contribution in [0.3, 0.4) is 0 Å². The van der Waals surface area contributed by atoms with E-state index < -0.39 is 0 Å².